The molecular formula is C17H19Cl2N5O4S. The summed E-state index contributed by atoms with van der Waals surface area (Å²) in [6, 6.07) is 4.49. The molecule has 2 aromatic rings. The van der Waals surface area contributed by atoms with E-state index in [1.165, 1.54) is 16.8 Å². The molecule has 29 heavy (non-hydrogen) atoms. The Morgan fingerprint density at radius 1 is 1.34 bits per heavy atom. The summed E-state index contributed by atoms with van der Waals surface area (Å²) in [7, 11) is 1.56. The van der Waals surface area contributed by atoms with Crippen molar-refractivity contribution in [2.75, 3.05) is 11.4 Å². The molecule has 4 N–H and O–H groups in total. The van der Waals surface area contributed by atoms with E-state index in [1.54, 1.807) is 13.1 Å². The number of amides is 1. The van der Waals surface area contributed by atoms with Gasteiger partial charge in [0.1, 0.15) is 5.03 Å². The first-order chi connectivity index (χ1) is 13.5. The zero-order valence-corrected chi connectivity index (χ0v) is 18.1. The van der Waals surface area contributed by atoms with Gasteiger partial charge >= 0.3 is 6.09 Å². The van der Waals surface area contributed by atoms with Gasteiger partial charge in [-0.2, -0.15) is 5.10 Å². The molecule has 0 aliphatic heterocycles. The van der Waals surface area contributed by atoms with Gasteiger partial charge in [0.25, 0.3) is 5.56 Å². The zero-order valence-electron chi connectivity index (χ0n) is 15.8. The molecule has 0 saturated carbocycles. The van der Waals surface area contributed by atoms with E-state index in [0.29, 0.717) is 15.5 Å². The fraction of sp³-hybridized carbons (Fsp3) is 0.294. The van der Waals surface area contributed by atoms with Crippen molar-refractivity contribution in [3.63, 3.8) is 0 Å². The number of oxime groups is 1. The lowest BCUT2D eigenvalue weighted by atomic mass is 10.1. The van der Waals surface area contributed by atoms with Crippen LogP contribution in [0.5, 0.6) is 0 Å². The fourth-order valence-electron chi connectivity index (χ4n) is 2.43. The Kier molecular flexibility index (Phi) is 7.39. The Morgan fingerprint density at radius 3 is 2.41 bits per heavy atom. The van der Waals surface area contributed by atoms with Crippen LogP contribution in [0, 0.1) is 0 Å². The van der Waals surface area contributed by atoms with Crippen LogP contribution < -0.4 is 16.2 Å². The number of rotatable bonds is 6. The average Bonchev–Trinajstić information content (AvgIpc) is 2.64. The van der Waals surface area contributed by atoms with E-state index in [2.05, 4.69) is 10.3 Å². The number of carboxylic acid groups (broad SMARTS) is 1. The summed E-state index contributed by atoms with van der Waals surface area (Å²) in [4.78, 5) is 25.0. The Balaban J connectivity index is 2.45. The topological polar surface area (TPSA) is 134 Å². The van der Waals surface area contributed by atoms with E-state index >= 15 is 0 Å². The normalized spacial score (nSPS) is 11.7. The number of carbonyl (C=O) groups is 1. The molecule has 2 rings (SSSR count). The smallest absolute Gasteiger partial charge is 0.412 e. The van der Waals surface area contributed by atoms with Gasteiger partial charge in [-0.3, -0.25) is 9.69 Å². The van der Waals surface area contributed by atoms with Crippen molar-refractivity contribution in [3.8, 4) is 0 Å². The van der Waals surface area contributed by atoms with Crippen LogP contribution in [-0.2, 0) is 7.05 Å². The summed E-state index contributed by atoms with van der Waals surface area (Å²) in [6.45, 7) is 3.44. The van der Waals surface area contributed by atoms with Crippen LogP contribution in [0.1, 0.15) is 25.3 Å². The van der Waals surface area contributed by atoms with Crippen molar-refractivity contribution in [3.05, 3.63) is 44.2 Å². The van der Waals surface area contributed by atoms with Crippen LogP contribution in [0.25, 0.3) is 0 Å². The third kappa shape index (κ3) is 5.34. The summed E-state index contributed by atoms with van der Waals surface area (Å²) in [5.74, 6) is -0.291. The Labute approximate surface area is 180 Å². The summed E-state index contributed by atoms with van der Waals surface area (Å²) < 4.78 is 1.25. The molecule has 0 spiro atoms. The molecule has 156 valence electrons. The number of nitrogens with zero attached hydrogens (tertiary/aromatic N) is 4. The minimum atomic E-state index is -1.33. The van der Waals surface area contributed by atoms with Gasteiger partial charge in [-0.15, -0.1) is 0 Å². The first-order valence-corrected chi connectivity index (χ1v) is 9.84. The lowest BCUT2D eigenvalue weighted by Crippen LogP contribution is -2.37. The minimum Gasteiger partial charge on any atom is -0.465 e. The van der Waals surface area contributed by atoms with Gasteiger partial charge in [-0.25, -0.2) is 9.48 Å². The zero-order chi connectivity index (χ0) is 21.9. The largest absolute Gasteiger partial charge is 0.465 e. The maximum atomic E-state index is 12.2. The van der Waals surface area contributed by atoms with Crippen LogP contribution in [-0.4, -0.2) is 38.6 Å². The van der Waals surface area contributed by atoms with Gasteiger partial charge in [-0.05, 0) is 24.1 Å². The molecule has 0 aliphatic rings. The van der Waals surface area contributed by atoms with Crippen LogP contribution in [0.4, 0.5) is 10.5 Å². The van der Waals surface area contributed by atoms with E-state index in [-0.39, 0.29) is 39.6 Å². The predicted molar refractivity (Wildman–Crippen MR) is 113 cm³/mol. The van der Waals surface area contributed by atoms with E-state index in [0.717, 1.165) is 16.7 Å². The molecule has 0 radical (unpaired) electrons. The highest BCUT2D eigenvalue weighted by Gasteiger charge is 2.21. The number of amidine groups is 1. The minimum absolute atomic E-state index is 0.00661. The molecule has 1 amide bonds. The molecule has 1 heterocycles. The van der Waals surface area contributed by atoms with Gasteiger partial charge in [0.2, 0.25) is 0 Å². The Hall–Kier alpha value is -2.43. The molecule has 1 aromatic carbocycles. The van der Waals surface area contributed by atoms with E-state index in [4.69, 9.17) is 34.1 Å². The molecule has 0 fully saturated rings. The fourth-order valence-corrected chi connectivity index (χ4v) is 4.01. The third-order valence-corrected chi connectivity index (χ3v) is 5.74. The molecule has 0 atom stereocenters. The average molecular weight is 460 g/mol. The van der Waals surface area contributed by atoms with Crippen molar-refractivity contribution < 1.29 is 15.1 Å². The summed E-state index contributed by atoms with van der Waals surface area (Å²) in [5.41, 5.74) is 5.98. The third-order valence-electron chi connectivity index (χ3n) is 3.87. The number of aromatic nitrogens is 2. The van der Waals surface area contributed by atoms with Crippen molar-refractivity contribution in [1.29, 1.82) is 0 Å². The molecule has 12 heteroatoms. The van der Waals surface area contributed by atoms with Crippen molar-refractivity contribution in [2.24, 2.45) is 17.9 Å². The summed E-state index contributed by atoms with van der Waals surface area (Å²) >= 11 is 13.8. The molecule has 0 bridgehead atoms. The van der Waals surface area contributed by atoms with E-state index in [9.17, 15) is 14.7 Å². The number of aryl methyl sites for hydroxylation is 1. The number of benzene rings is 1. The molecule has 0 saturated heterocycles. The number of anilines is 1. The monoisotopic (exact) mass is 459 g/mol. The van der Waals surface area contributed by atoms with Crippen LogP contribution >= 0.6 is 35.0 Å². The molecular weight excluding hydrogens is 441 g/mol. The predicted octanol–water partition coefficient (Wildman–Crippen LogP) is 3.59. The highest BCUT2D eigenvalue weighted by Crippen LogP contribution is 2.40. The van der Waals surface area contributed by atoms with Gasteiger partial charge in [0, 0.05) is 12.6 Å². The highest BCUT2D eigenvalue weighted by atomic mass is 35.5. The number of nitrogens with two attached hydrogens (primary N) is 1. The van der Waals surface area contributed by atoms with Gasteiger partial charge < -0.3 is 16.0 Å². The first kappa shape index (κ1) is 22.9. The maximum absolute atomic E-state index is 12.2. The second-order valence-electron chi connectivity index (χ2n) is 6.32. The Bertz CT molecular complexity index is 1000. The lowest BCUT2D eigenvalue weighted by Gasteiger charge is -2.20. The van der Waals surface area contributed by atoms with Gasteiger partial charge in [0.15, 0.2) is 5.84 Å². The molecule has 0 unspecified atom stereocenters. The number of hydrogen-bond acceptors (Lipinski definition) is 6. The second kappa shape index (κ2) is 9.38. The van der Waals surface area contributed by atoms with E-state index < -0.39 is 6.09 Å². The van der Waals surface area contributed by atoms with Crippen LogP contribution in [0.15, 0.2) is 38.1 Å². The number of hydrogen-bond donors (Lipinski definition) is 3. The van der Waals surface area contributed by atoms with Crippen LogP contribution in [0.2, 0.25) is 10.0 Å². The number of halogens is 2. The Morgan fingerprint density at radius 2 is 1.93 bits per heavy atom. The maximum Gasteiger partial charge on any atom is 0.412 e. The summed E-state index contributed by atoms with van der Waals surface area (Å²) in [6.07, 6.45) is -1.33. The van der Waals surface area contributed by atoms with Crippen molar-refractivity contribution in [2.45, 2.75) is 29.7 Å². The molecule has 1 aromatic heterocycles. The van der Waals surface area contributed by atoms with Gasteiger partial charge in [0.05, 0.1) is 27.2 Å². The highest BCUT2D eigenvalue weighted by molar-refractivity contribution is 7.99. The summed E-state index contributed by atoms with van der Waals surface area (Å²) in [5, 5.41) is 26.0. The standard InChI is InChI=1S/C17H19Cl2N5O4S/c1-8(2)10-6-14(21-23(3)16(10)25)29-15-11(18)4-9(5-12(15)19)24(17(26)27)7-13(20)22-28/h4-6,8,28H,7H2,1-3H3,(H2,20,22)(H,26,27). The quantitative estimate of drug-likeness (QED) is 0.260. The first-order valence-electron chi connectivity index (χ1n) is 8.27. The van der Waals surface area contributed by atoms with E-state index in [1.807, 2.05) is 13.8 Å². The van der Waals surface area contributed by atoms with Crippen LogP contribution in [0.3, 0.4) is 0 Å². The molecule has 9 nitrogen and oxygen atoms in total. The SMILES string of the molecule is CC(C)c1cc(Sc2c(Cl)cc(N(C/C(N)=N\O)C(=O)O)cc2Cl)nn(C)c1=O. The molecule has 0 aliphatic carbocycles. The lowest BCUT2D eigenvalue weighted by molar-refractivity contribution is 0.202. The van der Waals surface area contributed by atoms with Gasteiger partial charge in [-0.1, -0.05) is 54.0 Å². The van der Waals surface area contributed by atoms with Crippen molar-refractivity contribution in [1.82, 2.24) is 9.78 Å². The van der Waals surface area contributed by atoms with Crippen molar-refractivity contribution >= 4 is 52.6 Å². The second-order valence-corrected chi connectivity index (χ2v) is 8.17.